The molecule has 0 bridgehead atoms. The monoisotopic (exact) mass is 415 g/mol. The fourth-order valence-electron chi connectivity index (χ4n) is 2.60. The number of nitrogens with two attached hydrogens (primary N) is 1. The van der Waals surface area contributed by atoms with Crippen molar-refractivity contribution in [3.8, 4) is 0 Å². The second-order valence-corrected chi connectivity index (χ2v) is 4.66. The summed E-state index contributed by atoms with van der Waals surface area (Å²) in [5, 5.41) is 8.95. The van der Waals surface area contributed by atoms with Crippen molar-refractivity contribution in [2.24, 2.45) is 10.7 Å². The smallest absolute Gasteiger partial charge is 0.478 e. The number of benzene rings is 1. The molecule has 1 atom stereocenters. The number of carbonyl (C=O) groups is 1. The molecule has 108 valence electrons. The van der Waals surface area contributed by atoms with E-state index in [0.717, 1.165) is 0 Å². The average molecular weight is 415 g/mol. The number of nitrogens with zero attached hydrogens (tertiary/aromatic N) is 2. The minimum atomic E-state index is -2.94. The van der Waals surface area contributed by atoms with Gasteiger partial charge < -0.3 is 23.2 Å². The Morgan fingerprint density at radius 1 is 1.48 bits per heavy atom. The number of fused-ring (bicyclic) bond motifs is 3. The first kappa shape index (κ1) is 18.9. The summed E-state index contributed by atoms with van der Waals surface area (Å²) in [6.07, 6.45) is -0.315. The zero-order valence-corrected chi connectivity index (χ0v) is 18.1. The van der Waals surface area contributed by atoms with Crippen molar-refractivity contribution in [1.82, 2.24) is 4.90 Å². The van der Waals surface area contributed by atoms with E-state index in [-0.39, 0.29) is 106 Å². The van der Waals surface area contributed by atoms with E-state index in [0.29, 0.717) is 5.69 Å². The van der Waals surface area contributed by atoms with Gasteiger partial charge in [0.2, 0.25) is 0 Å². The van der Waals surface area contributed by atoms with Gasteiger partial charge in [0.05, 0.1) is 11.3 Å². The quantitative estimate of drug-likeness (QED) is 0.588. The van der Waals surface area contributed by atoms with Gasteiger partial charge in [-0.15, -0.1) is 0 Å². The number of carboxylic acids is 1. The van der Waals surface area contributed by atoms with Crippen molar-refractivity contribution in [3.63, 3.8) is 0 Å². The molecule has 1 saturated heterocycles. The summed E-state index contributed by atoms with van der Waals surface area (Å²) in [4.78, 5) is 16.3. The largest absolute Gasteiger partial charge is 1.00 e. The Morgan fingerprint density at radius 3 is 2.76 bits per heavy atom. The maximum Gasteiger partial charge on any atom is 1.00 e. The number of guanidine groups is 1. The van der Waals surface area contributed by atoms with Gasteiger partial charge in [0, 0.05) is 18.5 Å². The van der Waals surface area contributed by atoms with E-state index < -0.39 is 17.9 Å². The summed E-state index contributed by atoms with van der Waals surface area (Å²) in [6.45, 7) is 0.115. The number of carboxylic acid groups (broad SMARTS) is 1. The summed E-state index contributed by atoms with van der Waals surface area (Å²) in [6, 6.07) is 2.78. The summed E-state index contributed by atoms with van der Waals surface area (Å²) < 4.78 is 27.9. The third-order valence-electron chi connectivity index (χ3n) is 3.50. The van der Waals surface area contributed by atoms with E-state index >= 15 is 0 Å². The van der Waals surface area contributed by atoms with Crippen LogP contribution in [0.5, 0.6) is 0 Å². The molecular weight excluding hydrogens is 401 g/mol. The number of aliphatic imine (C=N–C) groups is 1. The molecule has 1 fully saturated rings. The van der Waals surface area contributed by atoms with Crippen LogP contribution in [0.15, 0.2) is 23.2 Å². The molecule has 8 heteroatoms. The molecule has 0 aliphatic carbocycles. The summed E-state index contributed by atoms with van der Waals surface area (Å²) >= 11 is 0. The number of aromatic carboxylic acids is 1. The van der Waals surface area contributed by atoms with Gasteiger partial charge in [-0.1, -0.05) is 0 Å². The van der Waals surface area contributed by atoms with Crippen molar-refractivity contribution >= 4 is 17.6 Å². The Labute approximate surface area is 180 Å². The molecule has 0 aromatic heterocycles. The van der Waals surface area contributed by atoms with Gasteiger partial charge in [0.15, 0.2) is 5.96 Å². The van der Waals surface area contributed by atoms with E-state index in [2.05, 4.69) is 4.99 Å². The van der Waals surface area contributed by atoms with Crippen molar-refractivity contribution < 1.29 is 87.6 Å². The first-order chi connectivity index (χ1) is 8.90. The Bertz CT molecular complexity index is 607. The van der Waals surface area contributed by atoms with E-state index in [4.69, 9.17) is 10.8 Å². The molecule has 2 heterocycles. The molecule has 0 saturated carbocycles. The maximum atomic E-state index is 14.0. The predicted molar refractivity (Wildman–Crippen MR) is 70.1 cm³/mol. The van der Waals surface area contributed by atoms with E-state index in [1.165, 1.54) is 23.1 Å². The Balaban J connectivity index is 0.00000110. The van der Waals surface area contributed by atoms with Gasteiger partial charge in [-0.25, -0.2) is 18.6 Å². The maximum absolute atomic E-state index is 14.0. The molecule has 21 heavy (non-hydrogen) atoms. The van der Waals surface area contributed by atoms with Crippen molar-refractivity contribution in [2.45, 2.75) is 18.4 Å². The number of hydrogen-bond donors (Lipinski definition) is 2. The van der Waals surface area contributed by atoms with Crippen LogP contribution in [0.25, 0.3) is 0 Å². The zero-order chi connectivity index (χ0) is 13.8. The third-order valence-corrected chi connectivity index (χ3v) is 3.50. The van der Waals surface area contributed by atoms with Crippen LogP contribution >= 0.6 is 0 Å². The summed E-state index contributed by atoms with van der Waals surface area (Å²) in [5.41, 5.74) is 6.18. The van der Waals surface area contributed by atoms with E-state index in [9.17, 15) is 13.6 Å². The molecule has 2 aliphatic heterocycles. The van der Waals surface area contributed by atoms with Gasteiger partial charge in [-0.05, 0) is 18.2 Å². The van der Waals surface area contributed by atoms with Crippen LogP contribution in [0.4, 0.5) is 14.5 Å². The molecule has 0 amide bonds. The third kappa shape index (κ3) is 3.15. The molecule has 1 aromatic rings. The van der Waals surface area contributed by atoms with Crippen LogP contribution in [0.1, 0.15) is 28.4 Å². The van der Waals surface area contributed by atoms with Crippen molar-refractivity contribution in [3.05, 3.63) is 36.8 Å². The zero-order valence-electron chi connectivity index (χ0n) is 11.8. The minimum absolute atomic E-state index is 0. The molecule has 0 radical (unpaired) electrons. The Hall–Kier alpha value is -0.128. The van der Waals surface area contributed by atoms with Gasteiger partial charge in [0.1, 0.15) is 6.04 Å². The van der Waals surface area contributed by atoms with Crippen LogP contribution in [0, 0.1) is 7.43 Å². The normalized spacial score (nSPS) is 21.3. The molecule has 5 nitrogen and oxygen atoms in total. The first-order valence-electron chi connectivity index (χ1n) is 5.76. The summed E-state index contributed by atoms with van der Waals surface area (Å²) in [5.74, 6) is -4.04. The van der Waals surface area contributed by atoms with Gasteiger partial charge in [-0.2, -0.15) is 0 Å². The Kier molecular flexibility index (Phi) is 5.90. The average Bonchev–Trinajstić information content (AvgIpc) is 2.66. The van der Waals surface area contributed by atoms with Crippen LogP contribution in [0.2, 0.25) is 0 Å². The van der Waals surface area contributed by atoms with Crippen LogP contribution in [0.3, 0.4) is 0 Å². The minimum Gasteiger partial charge on any atom is -0.478 e. The molecule has 0 spiro atoms. The fourth-order valence-corrected chi connectivity index (χ4v) is 2.60. The Morgan fingerprint density at radius 2 is 2.14 bits per heavy atom. The second-order valence-electron chi connectivity index (χ2n) is 4.66. The van der Waals surface area contributed by atoms with E-state index in [1.807, 2.05) is 0 Å². The predicted octanol–water partition coefficient (Wildman–Crippen LogP) is -0.819. The molecule has 2 aliphatic rings. The molecule has 3 rings (SSSR count). The van der Waals surface area contributed by atoms with Crippen LogP contribution in [-0.4, -0.2) is 34.4 Å². The molecular formula is C13H14CsF2N3O2. The van der Waals surface area contributed by atoms with Gasteiger partial charge >= 0.3 is 74.9 Å². The van der Waals surface area contributed by atoms with Gasteiger partial charge in [0.25, 0.3) is 5.92 Å². The SMILES string of the molecule is NC1=Nc2ccc(C(=O)O)cc2C2N1CCC2(F)F.[CH3-].[Cs+]. The molecule has 1 unspecified atom stereocenters. The van der Waals surface area contributed by atoms with Crippen LogP contribution in [-0.2, 0) is 0 Å². The second kappa shape index (κ2) is 6.55. The number of rotatable bonds is 1. The first-order valence-corrected chi connectivity index (χ1v) is 5.76. The molecule has 1 aromatic carbocycles. The standard InChI is InChI=1S/C12H11F2N3O2.CH3.Cs/c13-12(14)3-4-17-9(12)7-5-6(10(18)19)1-2-8(7)16-11(17)15;;/h1-2,5,9H,3-4H2,(H2,15,16)(H,18,19);1H3;/q;-1;+1. The van der Waals surface area contributed by atoms with Crippen molar-refractivity contribution in [1.29, 1.82) is 0 Å². The topological polar surface area (TPSA) is 78.9 Å². The number of halogens is 2. The number of hydrogen-bond acceptors (Lipinski definition) is 4. The van der Waals surface area contributed by atoms with Crippen LogP contribution < -0.4 is 74.6 Å². The fraction of sp³-hybridized carbons (Fsp3) is 0.308. The number of alkyl halides is 2. The summed E-state index contributed by atoms with van der Waals surface area (Å²) in [7, 11) is 0. The van der Waals surface area contributed by atoms with Crippen molar-refractivity contribution in [2.75, 3.05) is 6.54 Å². The van der Waals surface area contributed by atoms with E-state index in [1.54, 1.807) is 0 Å². The van der Waals surface area contributed by atoms with Gasteiger partial charge in [-0.3, -0.25) is 0 Å². The molecule has 3 N–H and O–H groups in total.